The van der Waals surface area contributed by atoms with Crippen molar-refractivity contribution < 1.29 is 9.53 Å². The van der Waals surface area contributed by atoms with Crippen molar-refractivity contribution in [2.75, 3.05) is 6.61 Å². The van der Waals surface area contributed by atoms with Crippen molar-refractivity contribution in [3.8, 4) is 5.75 Å². The SMILES string of the molecule is CC(=O)c1ccc(OCCc2cccs2)cc1Br. The van der Waals surface area contributed by atoms with Crippen molar-refractivity contribution in [1.29, 1.82) is 0 Å². The summed E-state index contributed by atoms with van der Waals surface area (Å²) < 4.78 is 6.44. The molecule has 0 saturated heterocycles. The predicted molar refractivity (Wildman–Crippen MR) is 77.7 cm³/mol. The molecule has 2 rings (SSSR count). The highest BCUT2D eigenvalue weighted by molar-refractivity contribution is 9.10. The highest BCUT2D eigenvalue weighted by Gasteiger charge is 2.06. The van der Waals surface area contributed by atoms with Gasteiger partial charge in [0.1, 0.15) is 5.75 Å². The van der Waals surface area contributed by atoms with Gasteiger partial charge in [-0.05, 0) is 52.5 Å². The van der Waals surface area contributed by atoms with E-state index in [2.05, 4.69) is 27.4 Å². The van der Waals surface area contributed by atoms with Crippen LogP contribution in [-0.2, 0) is 6.42 Å². The van der Waals surface area contributed by atoms with Crippen LogP contribution in [0.2, 0.25) is 0 Å². The number of ketones is 1. The van der Waals surface area contributed by atoms with Gasteiger partial charge in [0.2, 0.25) is 0 Å². The first-order valence-corrected chi connectivity index (χ1v) is 7.30. The molecular formula is C14H13BrO2S. The van der Waals surface area contributed by atoms with Crippen LogP contribution in [0.5, 0.6) is 5.75 Å². The summed E-state index contributed by atoms with van der Waals surface area (Å²) in [5, 5.41) is 2.06. The lowest BCUT2D eigenvalue weighted by atomic mass is 10.1. The molecule has 2 nitrogen and oxygen atoms in total. The van der Waals surface area contributed by atoms with Gasteiger partial charge >= 0.3 is 0 Å². The Bertz CT molecular complexity index is 535. The zero-order valence-corrected chi connectivity index (χ0v) is 12.4. The number of hydrogen-bond donors (Lipinski definition) is 0. The third-order valence-electron chi connectivity index (χ3n) is 2.52. The largest absolute Gasteiger partial charge is 0.493 e. The first kappa shape index (κ1) is 13.3. The van der Waals surface area contributed by atoms with Crippen molar-refractivity contribution in [3.05, 3.63) is 50.6 Å². The van der Waals surface area contributed by atoms with Crippen LogP contribution in [0.1, 0.15) is 22.2 Å². The maximum Gasteiger partial charge on any atom is 0.160 e. The first-order chi connectivity index (χ1) is 8.66. The molecule has 1 aromatic heterocycles. The van der Waals surface area contributed by atoms with Gasteiger partial charge in [-0.1, -0.05) is 6.07 Å². The minimum absolute atomic E-state index is 0.0482. The van der Waals surface area contributed by atoms with Gasteiger partial charge in [0, 0.05) is 21.3 Å². The molecule has 0 aliphatic heterocycles. The topological polar surface area (TPSA) is 26.3 Å². The zero-order valence-electron chi connectivity index (χ0n) is 9.98. The molecule has 0 aliphatic carbocycles. The van der Waals surface area contributed by atoms with Crippen molar-refractivity contribution in [1.82, 2.24) is 0 Å². The Morgan fingerprint density at radius 1 is 1.39 bits per heavy atom. The molecule has 2 aromatic rings. The van der Waals surface area contributed by atoms with Crippen LogP contribution in [0.4, 0.5) is 0 Å². The Kier molecular flexibility index (Phi) is 4.55. The second-order valence-corrected chi connectivity index (χ2v) is 5.76. The van der Waals surface area contributed by atoms with Gasteiger partial charge in [-0.15, -0.1) is 11.3 Å². The average Bonchev–Trinajstić information content (AvgIpc) is 2.81. The van der Waals surface area contributed by atoms with Crippen molar-refractivity contribution in [2.45, 2.75) is 13.3 Å². The molecule has 0 amide bonds. The Morgan fingerprint density at radius 2 is 2.22 bits per heavy atom. The molecule has 18 heavy (non-hydrogen) atoms. The van der Waals surface area contributed by atoms with Gasteiger partial charge in [-0.2, -0.15) is 0 Å². The number of rotatable bonds is 5. The van der Waals surface area contributed by atoms with Crippen LogP contribution in [0.15, 0.2) is 40.2 Å². The maximum absolute atomic E-state index is 11.3. The van der Waals surface area contributed by atoms with E-state index >= 15 is 0 Å². The fourth-order valence-corrected chi connectivity index (χ4v) is 2.92. The Morgan fingerprint density at radius 3 is 2.83 bits per heavy atom. The van der Waals surface area contributed by atoms with Crippen LogP contribution in [-0.4, -0.2) is 12.4 Å². The van der Waals surface area contributed by atoms with E-state index in [0.717, 1.165) is 16.6 Å². The highest BCUT2D eigenvalue weighted by atomic mass is 79.9. The molecule has 0 saturated carbocycles. The molecule has 0 atom stereocenters. The van der Waals surface area contributed by atoms with Crippen LogP contribution >= 0.6 is 27.3 Å². The van der Waals surface area contributed by atoms with Gasteiger partial charge in [-0.3, -0.25) is 4.79 Å². The van der Waals surface area contributed by atoms with Gasteiger partial charge in [0.05, 0.1) is 6.61 Å². The Balaban J connectivity index is 1.94. The number of benzene rings is 1. The second-order valence-electron chi connectivity index (χ2n) is 3.88. The molecule has 0 unspecified atom stereocenters. The predicted octanol–water partition coefficient (Wildman–Crippen LogP) is 4.33. The van der Waals surface area contributed by atoms with E-state index in [0.29, 0.717) is 12.2 Å². The lowest BCUT2D eigenvalue weighted by molar-refractivity contribution is 0.101. The quantitative estimate of drug-likeness (QED) is 0.765. The average molecular weight is 325 g/mol. The van der Waals surface area contributed by atoms with Crippen molar-refractivity contribution in [2.24, 2.45) is 0 Å². The molecule has 94 valence electrons. The van der Waals surface area contributed by atoms with E-state index in [1.54, 1.807) is 24.3 Å². The molecule has 0 spiro atoms. The van der Waals surface area contributed by atoms with Crippen molar-refractivity contribution >= 4 is 33.0 Å². The fourth-order valence-electron chi connectivity index (χ4n) is 1.60. The molecular weight excluding hydrogens is 312 g/mol. The third kappa shape index (κ3) is 3.43. The summed E-state index contributed by atoms with van der Waals surface area (Å²) >= 11 is 5.11. The summed E-state index contributed by atoms with van der Waals surface area (Å²) in [6, 6.07) is 9.59. The smallest absolute Gasteiger partial charge is 0.160 e. The van der Waals surface area contributed by atoms with E-state index in [1.165, 1.54) is 4.88 Å². The third-order valence-corrected chi connectivity index (χ3v) is 4.11. The monoisotopic (exact) mass is 324 g/mol. The van der Waals surface area contributed by atoms with E-state index < -0.39 is 0 Å². The number of Topliss-reactive ketones (excluding diaryl/α,β-unsaturated/α-hetero) is 1. The second kappa shape index (κ2) is 6.16. The van der Waals surface area contributed by atoms with E-state index in [4.69, 9.17) is 4.74 Å². The molecule has 0 N–H and O–H groups in total. The van der Waals surface area contributed by atoms with Crippen LogP contribution in [0.3, 0.4) is 0 Å². The van der Waals surface area contributed by atoms with Crippen LogP contribution in [0.25, 0.3) is 0 Å². The van der Waals surface area contributed by atoms with Gasteiger partial charge in [0.25, 0.3) is 0 Å². The minimum atomic E-state index is 0.0482. The summed E-state index contributed by atoms with van der Waals surface area (Å²) in [5.74, 6) is 0.829. The van der Waals surface area contributed by atoms with Gasteiger partial charge < -0.3 is 4.74 Å². The van der Waals surface area contributed by atoms with Crippen molar-refractivity contribution in [3.63, 3.8) is 0 Å². The summed E-state index contributed by atoms with van der Waals surface area (Å²) in [7, 11) is 0. The summed E-state index contributed by atoms with van der Waals surface area (Å²) in [4.78, 5) is 12.6. The number of halogens is 1. The van der Waals surface area contributed by atoms with E-state index in [9.17, 15) is 4.79 Å². The van der Waals surface area contributed by atoms with Gasteiger partial charge in [0.15, 0.2) is 5.78 Å². The molecule has 0 bridgehead atoms. The molecule has 0 aliphatic rings. The highest BCUT2D eigenvalue weighted by Crippen LogP contribution is 2.23. The lowest BCUT2D eigenvalue weighted by Crippen LogP contribution is -2.01. The van der Waals surface area contributed by atoms with E-state index in [1.807, 2.05) is 18.2 Å². The maximum atomic E-state index is 11.3. The molecule has 1 heterocycles. The van der Waals surface area contributed by atoms with Crippen LogP contribution < -0.4 is 4.74 Å². The standard InChI is InChI=1S/C14H13BrO2S/c1-10(16)13-5-4-11(9-14(13)15)17-7-6-12-3-2-8-18-12/h2-5,8-9H,6-7H2,1H3. The fraction of sp³-hybridized carbons (Fsp3) is 0.214. The Hall–Kier alpha value is -1.13. The van der Waals surface area contributed by atoms with E-state index in [-0.39, 0.29) is 5.78 Å². The molecule has 4 heteroatoms. The number of thiophene rings is 1. The number of carbonyl (C=O) groups is 1. The summed E-state index contributed by atoms with van der Waals surface area (Å²) in [5.41, 5.74) is 0.681. The molecule has 1 aromatic carbocycles. The normalized spacial score (nSPS) is 10.3. The first-order valence-electron chi connectivity index (χ1n) is 5.62. The Labute approximate surface area is 119 Å². The lowest BCUT2D eigenvalue weighted by Gasteiger charge is -2.07. The number of carbonyl (C=O) groups excluding carboxylic acids is 1. The number of hydrogen-bond acceptors (Lipinski definition) is 3. The summed E-state index contributed by atoms with van der Waals surface area (Å²) in [6.45, 7) is 2.20. The molecule has 0 radical (unpaired) electrons. The molecule has 0 fully saturated rings. The minimum Gasteiger partial charge on any atom is -0.493 e. The summed E-state index contributed by atoms with van der Waals surface area (Å²) in [6.07, 6.45) is 0.906. The van der Waals surface area contributed by atoms with Crippen LogP contribution in [0, 0.1) is 0 Å². The van der Waals surface area contributed by atoms with Gasteiger partial charge in [-0.25, -0.2) is 0 Å². The zero-order chi connectivity index (χ0) is 13.0. The number of ether oxygens (including phenoxy) is 1.